The lowest BCUT2D eigenvalue weighted by Gasteiger charge is -2.23. The maximum Gasteiger partial charge on any atom is 0.222 e. The SMILES string of the molecule is NCC1CCCN1C(=O)CCCOc1ccc(F)cc1F. The first-order valence-electron chi connectivity index (χ1n) is 7.19. The van der Waals surface area contributed by atoms with Crippen molar-refractivity contribution in [1.82, 2.24) is 4.90 Å². The zero-order valence-corrected chi connectivity index (χ0v) is 11.9. The van der Waals surface area contributed by atoms with Crippen LogP contribution in [0.25, 0.3) is 0 Å². The van der Waals surface area contributed by atoms with E-state index >= 15 is 0 Å². The summed E-state index contributed by atoms with van der Waals surface area (Å²) in [5.74, 6) is -1.31. The summed E-state index contributed by atoms with van der Waals surface area (Å²) in [7, 11) is 0. The predicted octanol–water partition coefficient (Wildman–Crippen LogP) is 2.07. The Bertz CT molecular complexity index is 497. The molecule has 1 saturated heterocycles. The highest BCUT2D eigenvalue weighted by Crippen LogP contribution is 2.19. The summed E-state index contributed by atoms with van der Waals surface area (Å²) in [5.41, 5.74) is 5.63. The van der Waals surface area contributed by atoms with Gasteiger partial charge in [0.2, 0.25) is 5.91 Å². The van der Waals surface area contributed by atoms with Crippen LogP contribution in [0.3, 0.4) is 0 Å². The number of nitrogens with zero attached hydrogens (tertiary/aromatic N) is 1. The molecule has 0 aliphatic carbocycles. The van der Waals surface area contributed by atoms with Crippen LogP contribution in [-0.2, 0) is 4.79 Å². The van der Waals surface area contributed by atoms with Crippen LogP contribution in [0.15, 0.2) is 18.2 Å². The molecule has 116 valence electrons. The molecule has 0 saturated carbocycles. The largest absolute Gasteiger partial charge is 0.491 e. The van der Waals surface area contributed by atoms with E-state index in [1.54, 1.807) is 0 Å². The Morgan fingerprint density at radius 1 is 1.43 bits per heavy atom. The molecular formula is C15H20F2N2O2. The topological polar surface area (TPSA) is 55.6 Å². The third-order valence-corrected chi connectivity index (χ3v) is 3.66. The number of likely N-dealkylation sites (tertiary alicyclic amines) is 1. The molecule has 1 atom stereocenters. The monoisotopic (exact) mass is 298 g/mol. The summed E-state index contributed by atoms with van der Waals surface area (Å²) >= 11 is 0. The average molecular weight is 298 g/mol. The van der Waals surface area contributed by atoms with Gasteiger partial charge >= 0.3 is 0 Å². The van der Waals surface area contributed by atoms with Crippen LogP contribution in [0.1, 0.15) is 25.7 Å². The Morgan fingerprint density at radius 3 is 2.95 bits per heavy atom. The zero-order valence-electron chi connectivity index (χ0n) is 11.9. The van der Waals surface area contributed by atoms with Crippen molar-refractivity contribution in [3.05, 3.63) is 29.8 Å². The van der Waals surface area contributed by atoms with Crippen LogP contribution in [0.2, 0.25) is 0 Å². The number of ether oxygens (including phenoxy) is 1. The van der Waals surface area contributed by atoms with Gasteiger partial charge in [-0.15, -0.1) is 0 Å². The number of halogens is 2. The van der Waals surface area contributed by atoms with Gasteiger partial charge in [-0.1, -0.05) is 0 Å². The molecule has 1 unspecified atom stereocenters. The molecule has 4 nitrogen and oxygen atoms in total. The second-order valence-electron chi connectivity index (χ2n) is 5.15. The van der Waals surface area contributed by atoms with E-state index in [0.717, 1.165) is 31.5 Å². The van der Waals surface area contributed by atoms with E-state index < -0.39 is 11.6 Å². The highest BCUT2D eigenvalue weighted by atomic mass is 19.1. The molecular weight excluding hydrogens is 278 g/mol. The molecule has 1 aliphatic rings. The summed E-state index contributed by atoms with van der Waals surface area (Å²) in [5, 5.41) is 0. The molecule has 1 aromatic carbocycles. The Morgan fingerprint density at radius 2 is 2.24 bits per heavy atom. The smallest absolute Gasteiger partial charge is 0.222 e. The third kappa shape index (κ3) is 4.14. The van der Waals surface area contributed by atoms with Crippen LogP contribution in [0.5, 0.6) is 5.75 Å². The van der Waals surface area contributed by atoms with Gasteiger partial charge in [-0.3, -0.25) is 4.79 Å². The van der Waals surface area contributed by atoms with E-state index in [4.69, 9.17) is 10.5 Å². The fraction of sp³-hybridized carbons (Fsp3) is 0.533. The number of amides is 1. The van der Waals surface area contributed by atoms with Gasteiger partial charge in [0.15, 0.2) is 11.6 Å². The Hall–Kier alpha value is -1.69. The van der Waals surface area contributed by atoms with Gasteiger partial charge in [0.05, 0.1) is 6.61 Å². The van der Waals surface area contributed by atoms with Crippen LogP contribution in [0, 0.1) is 11.6 Å². The lowest BCUT2D eigenvalue weighted by atomic mass is 10.2. The Balaban J connectivity index is 1.73. The van der Waals surface area contributed by atoms with E-state index in [2.05, 4.69) is 0 Å². The molecule has 2 rings (SSSR count). The van der Waals surface area contributed by atoms with Gasteiger partial charge in [0.25, 0.3) is 0 Å². The molecule has 0 bridgehead atoms. The zero-order chi connectivity index (χ0) is 15.2. The Labute approximate surface area is 122 Å². The van der Waals surface area contributed by atoms with E-state index in [-0.39, 0.29) is 24.3 Å². The quantitative estimate of drug-likeness (QED) is 0.818. The molecule has 1 aromatic rings. The molecule has 1 fully saturated rings. The molecule has 1 aliphatic heterocycles. The van der Waals surface area contributed by atoms with E-state index in [9.17, 15) is 13.6 Å². The van der Waals surface area contributed by atoms with Crippen LogP contribution in [0.4, 0.5) is 8.78 Å². The minimum absolute atomic E-state index is 0.00450. The van der Waals surface area contributed by atoms with E-state index in [0.29, 0.717) is 19.4 Å². The summed E-state index contributed by atoms with van der Waals surface area (Å²) in [6.07, 6.45) is 2.78. The maximum atomic E-state index is 13.3. The number of carbonyl (C=O) groups excluding carboxylic acids is 1. The summed E-state index contributed by atoms with van der Waals surface area (Å²) in [6.45, 7) is 1.46. The summed E-state index contributed by atoms with van der Waals surface area (Å²) < 4.78 is 31.3. The summed E-state index contributed by atoms with van der Waals surface area (Å²) in [4.78, 5) is 13.8. The van der Waals surface area contributed by atoms with Crippen molar-refractivity contribution in [2.24, 2.45) is 5.73 Å². The molecule has 2 N–H and O–H groups in total. The lowest BCUT2D eigenvalue weighted by Crippen LogP contribution is -2.39. The number of benzene rings is 1. The van der Waals surface area contributed by atoms with Crippen molar-refractivity contribution in [1.29, 1.82) is 0 Å². The highest BCUT2D eigenvalue weighted by molar-refractivity contribution is 5.76. The predicted molar refractivity (Wildman–Crippen MR) is 74.9 cm³/mol. The van der Waals surface area contributed by atoms with Crippen molar-refractivity contribution < 1.29 is 18.3 Å². The van der Waals surface area contributed by atoms with Crippen molar-refractivity contribution in [2.75, 3.05) is 19.7 Å². The van der Waals surface area contributed by atoms with Crippen LogP contribution < -0.4 is 10.5 Å². The minimum Gasteiger partial charge on any atom is -0.491 e. The minimum atomic E-state index is -0.732. The number of nitrogens with two attached hydrogens (primary N) is 1. The molecule has 21 heavy (non-hydrogen) atoms. The van der Waals surface area contributed by atoms with Crippen molar-refractivity contribution in [3.8, 4) is 5.75 Å². The molecule has 1 amide bonds. The van der Waals surface area contributed by atoms with Gasteiger partial charge in [0, 0.05) is 31.6 Å². The molecule has 1 heterocycles. The third-order valence-electron chi connectivity index (χ3n) is 3.66. The van der Waals surface area contributed by atoms with Gasteiger partial charge < -0.3 is 15.4 Å². The summed E-state index contributed by atoms with van der Waals surface area (Å²) in [6, 6.07) is 3.31. The normalized spacial score (nSPS) is 18.0. The van der Waals surface area contributed by atoms with E-state index in [1.165, 1.54) is 6.07 Å². The molecule has 6 heteroatoms. The van der Waals surface area contributed by atoms with Crippen LogP contribution >= 0.6 is 0 Å². The first-order valence-corrected chi connectivity index (χ1v) is 7.19. The maximum absolute atomic E-state index is 13.3. The number of rotatable bonds is 6. The van der Waals surface area contributed by atoms with Crippen molar-refractivity contribution in [3.63, 3.8) is 0 Å². The average Bonchev–Trinajstić information content (AvgIpc) is 2.93. The van der Waals surface area contributed by atoms with Crippen molar-refractivity contribution >= 4 is 5.91 Å². The Kier molecular flexibility index (Phi) is 5.50. The molecule has 0 spiro atoms. The van der Waals surface area contributed by atoms with Gasteiger partial charge in [-0.2, -0.15) is 0 Å². The van der Waals surface area contributed by atoms with Crippen molar-refractivity contribution in [2.45, 2.75) is 31.7 Å². The van der Waals surface area contributed by atoms with Gasteiger partial charge in [-0.25, -0.2) is 8.78 Å². The first-order chi connectivity index (χ1) is 10.1. The van der Waals surface area contributed by atoms with Crippen LogP contribution in [-0.4, -0.2) is 36.5 Å². The number of hydrogen-bond donors (Lipinski definition) is 1. The number of hydrogen-bond acceptors (Lipinski definition) is 3. The molecule has 0 aromatic heterocycles. The lowest BCUT2D eigenvalue weighted by molar-refractivity contribution is -0.132. The standard InChI is InChI=1S/C15H20F2N2O2/c16-11-5-6-14(13(17)9-11)21-8-2-4-15(20)19-7-1-3-12(19)10-18/h5-6,9,12H,1-4,7-8,10,18H2. The fourth-order valence-electron chi connectivity index (χ4n) is 2.55. The van der Waals surface area contributed by atoms with Gasteiger partial charge in [0.1, 0.15) is 5.82 Å². The second-order valence-corrected chi connectivity index (χ2v) is 5.15. The highest BCUT2D eigenvalue weighted by Gasteiger charge is 2.26. The second kappa shape index (κ2) is 7.36. The molecule has 0 radical (unpaired) electrons. The number of carbonyl (C=O) groups is 1. The van der Waals surface area contributed by atoms with E-state index in [1.807, 2.05) is 4.90 Å². The van der Waals surface area contributed by atoms with Gasteiger partial charge in [-0.05, 0) is 31.4 Å². The fourth-order valence-corrected chi connectivity index (χ4v) is 2.55. The first kappa shape index (κ1) is 15.7.